The lowest BCUT2D eigenvalue weighted by molar-refractivity contribution is -0.122. The molecule has 166 valence electrons. The largest absolute Gasteiger partial charge is 0.493 e. The van der Waals surface area contributed by atoms with Gasteiger partial charge in [-0.15, -0.1) is 0 Å². The molecule has 0 aromatic heterocycles. The van der Waals surface area contributed by atoms with Crippen LogP contribution in [0.3, 0.4) is 0 Å². The van der Waals surface area contributed by atoms with Crippen LogP contribution in [0.25, 0.3) is 0 Å². The number of fused-ring (bicyclic) bond motifs is 1. The van der Waals surface area contributed by atoms with Crippen molar-refractivity contribution in [3.05, 3.63) is 72.8 Å². The van der Waals surface area contributed by atoms with Crippen LogP contribution in [0.15, 0.2) is 77.7 Å². The van der Waals surface area contributed by atoms with Crippen molar-refractivity contribution in [1.29, 1.82) is 0 Å². The van der Waals surface area contributed by atoms with E-state index in [1.54, 1.807) is 60.7 Å². The van der Waals surface area contributed by atoms with E-state index in [4.69, 9.17) is 14.2 Å². The van der Waals surface area contributed by atoms with Crippen LogP contribution in [-0.4, -0.2) is 41.2 Å². The highest BCUT2D eigenvalue weighted by atomic mass is 32.2. The van der Waals surface area contributed by atoms with Gasteiger partial charge in [-0.25, -0.2) is 8.42 Å². The van der Waals surface area contributed by atoms with Crippen molar-refractivity contribution in [2.75, 3.05) is 30.4 Å². The molecule has 4 rings (SSSR count). The van der Waals surface area contributed by atoms with Crippen molar-refractivity contribution in [2.45, 2.75) is 11.0 Å². The third-order valence-corrected chi connectivity index (χ3v) is 6.80. The van der Waals surface area contributed by atoms with Gasteiger partial charge in [0.05, 0.1) is 31.3 Å². The summed E-state index contributed by atoms with van der Waals surface area (Å²) in [4.78, 5) is 13.1. The van der Waals surface area contributed by atoms with Gasteiger partial charge in [-0.3, -0.25) is 9.10 Å². The number of para-hydroxylation sites is 2. The SMILES string of the molecule is COc1ccc(NC(=O)[C@@H]2CN(S(=O)(=O)c3ccccc3)c3ccccc3O2)cc1OC. The van der Waals surface area contributed by atoms with Gasteiger partial charge in [0.1, 0.15) is 5.75 Å². The number of nitrogens with one attached hydrogen (secondary N) is 1. The van der Waals surface area contributed by atoms with Crippen LogP contribution in [-0.2, 0) is 14.8 Å². The van der Waals surface area contributed by atoms with Gasteiger partial charge >= 0.3 is 0 Å². The molecular formula is C23H22N2O6S. The number of methoxy groups -OCH3 is 2. The van der Waals surface area contributed by atoms with E-state index < -0.39 is 22.0 Å². The Bertz CT molecular complexity index is 1230. The summed E-state index contributed by atoms with van der Waals surface area (Å²) < 4.78 is 44.2. The number of hydrogen-bond donors (Lipinski definition) is 1. The molecule has 1 aliphatic rings. The molecule has 1 amide bonds. The second-order valence-electron chi connectivity index (χ2n) is 6.98. The summed E-state index contributed by atoms with van der Waals surface area (Å²) >= 11 is 0. The van der Waals surface area contributed by atoms with Gasteiger partial charge in [0, 0.05) is 11.8 Å². The molecule has 0 unspecified atom stereocenters. The predicted octanol–water partition coefficient (Wildman–Crippen LogP) is 3.30. The van der Waals surface area contributed by atoms with Crippen molar-refractivity contribution in [3.63, 3.8) is 0 Å². The van der Waals surface area contributed by atoms with E-state index in [1.165, 1.54) is 30.7 Å². The summed E-state index contributed by atoms with van der Waals surface area (Å²) in [6.45, 7) is -0.173. The van der Waals surface area contributed by atoms with E-state index >= 15 is 0 Å². The normalized spacial score (nSPS) is 15.3. The van der Waals surface area contributed by atoms with Gasteiger partial charge < -0.3 is 19.5 Å². The van der Waals surface area contributed by atoms with Crippen molar-refractivity contribution >= 4 is 27.3 Å². The number of ether oxygens (including phenoxy) is 3. The lowest BCUT2D eigenvalue weighted by atomic mass is 10.2. The highest BCUT2D eigenvalue weighted by molar-refractivity contribution is 7.92. The van der Waals surface area contributed by atoms with E-state index in [-0.39, 0.29) is 11.4 Å². The third kappa shape index (κ3) is 4.06. The van der Waals surface area contributed by atoms with Gasteiger partial charge in [-0.1, -0.05) is 30.3 Å². The zero-order valence-electron chi connectivity index (χ0n) is 17.5. The zero-order valence-corrected chi connectivity index (χ0v) is 18.3. The first-order valence-corrected chi connectivity index (χ1v) is 11.2. The summed E-state index contributed by atoms with van der Waals surface area (Å²) in [6, 6.07) is 19.8. The molecule has 1 aliphatic heterocycles. The Labute approximate surface area is 186 Å². The van der Waals surface area contributed by atoms with Gasteiger partial charge in [0.25, 0.3) is 15.9 Å². The Morgan fingerprint density at radius 1 is 0.969 bits per heavy atom. The van der Waals surface area contributed by atoms with Crippen LogP contribution in [0.1, 0.15) is 0 Å². The van der Waals surface area contributed by atoms with Crippen molar-refractivity contribution in [3.8, 4) is 17.2 Å². The summed E-state index contributed by atoms with van der Waals surface area (Å²) in [5.74, 6) is 0.799. The second-order valence-corrected chi connectivity index (χ2v) is 8.84. The number of benzene rings is 3. The number of carbonyl (C=O) groups is 1. The highest BCUT2D eigenvalue weighted by Gasteiger charge is 2.37. The van der Waals surface area contributed by atoms with Crippen LogP contribution in [0, 0.1) is 0 Å². The average Bonchev–Trinajstić information content (AvgIpc) is 2.83. The molecule has 1 atom stereocenters. The molecule has 0 saturated carbocycles. The Balaban J connectivity index is 1.63. The maximum absolute atomic E-state index is 13.3. The van der Waals surface area contributed by atoms with Crippen molar-refractivity contribution < 1.29 is 27.4 Å². The maximum atomic E-state index is 13.3. The van der Waals surface area contributed by atoms with E-state index in [2.05, 4.69) is 5.32 Å². The van der Waals surface area contributed by atoms with Crippen LogP contribution >= 0.6 is 0 Å². The van der Waals surface area contributed by atoms with Crippen LogP contribution in [0.5, 0.6) is 17.2 Å². The summed E-state index contributed by atoms with van der Waals surface area (Å²) in [5, 5.41) is 2.76. The minimum atomic E-state index is -3.90. The van der Waals surface area contributed by atoms with Gasteiger partial charge in [-0.05, 0) is 36.4 Å². The molecule has 0 fully saturated rings. The topological polar surface area (TPSA) is 94.2 Å². The maximum Gasteiger partial charge on any atom is 0.267 e. The lowest BCUT2D eigenvalue weighted by Gasteiger charge is -2.34. The fourth-order valence-corrected chi connectivity index (χ4v) is 4.92. The molecule has 3 aromatic carbocycles. The van der Waals surface area contributed by atoms with E-state index in [9.17, 15) is 13.2 Å². The number of anilines is 2. The Kier molecular flexibility index (Phi) is 5.91. The third-order valence-electron chi connectivity index (χ3n) is 5.01. The first kappa shape index (κ1) is 21.5. The van der Waals surface area contributed by atoms with Gasteiger partial charge in [0.2, 0.25) is 0 Å². The molecule has 1 heterocycles. The number of sulfonamides is 1. The van der Waals surface area contributed by atoms with Gasteiger partial charge in [0.15, 0.2) is 17.6 Å². The Hall–Kier alpha value is -3.72. The molecule has 0 aliphatic carbocycles. The fraction of sp³-hybridized carbons (Fsp3) is 0.174. The van der Waals surface area contributed by atoms with Crippen LogP contribution < -0.4 is 23.8 Å². The van der Waals surface area contributed by atoms with Crippen LogP contribution in [0.4, 0.5) is 11.4 Å². The zero-order chi connectivity index (χ0) is 22.7. The van der Waals surface area contributed by atoms with Crippen molar-refractivity contribution in [1.82, 2.24) is 0 Å². The minimum Gasteiger partial charge on any atom is -0.493 e. The van der Waals surface area contributed by atoms with Crippen molar-refractivity contribution in [2.24, 2.45) is 0 Å². The molecule has 1 N–H and O–H groups in total. The first-order valence-electron chi connectivity index (χ1n) is 9.80. The predicted molar refractivity (Wildman–Crippen MR) is 120 cm³/mol. The number of hydrogen-bond acceptors (Lipinski definition) is 6. The molecule has 0 bridgehead atoms. The molecule has 32 heavy (non-hydrogen) atoms. The number of rotatable bonds is 6. The summed E-state index contributed by atoms with van der Waals surface area (Å²) in [6.07, 6.45) is -1.06. The minimum absolute atomic E-state index is 0.135. The Morgan fingerprint density at radius 2 is 1.66 bits per heavy atom. The molecule has 0 saturated heterocycles. The summed E-state index contributed by atoms with van der Waals surface area (Å²) in [7, 11) is -0.882. The molecule has 0 spiro atoms. The lowest BCUT2D eigenvalue weighted by Crippen LogP contribution is -2.48. The quantitative estimate of drug-likeness (QED) is 0.614. The highest BCUT2D eigenvalue weighted by Crippen LogP contribution is 2.37. The molecule has 8 nitrogen and oxygen atoms in total. The number of carbonyl (C=O) groups excluding carboxylic acids is 1. The smallest absolute Gasteiger partial charge is 0.267 e. The van der Waals surface area contributed by atoms with E-state index in [0.29, 0.717) is 28.6 Å². The fourth-order valence-electron chi connectivity index (χ4n) is 3.42. The molecular weight excluding hydrogens is 432 g/mol. The summed E-state index contributed by atoms with van der Waals surface area (Å²) in [5.41, 5.74) is 0.846. The number of amides is 1. The monoisotopic (exact) mass is 454 g/mol. The molecule has 0 radical (unpaired) electrons. The van der Waals surface area contributed by atoms with Gasteiger partial charge in [-0.2, -0.15) is 0 Å². The first-order chi connectivity index (χ1) is 15.4. The Morgan fingerprint density at radius 3 is 2.38 bits per heavy atom. The standard InChI is InChI=1S/C23H22N2O6S/c1-29-20-13-12-16(14-21(20)30-2)24-23(26)22-15-25(18-10-6-7-11-19(18)31-22)32(27,28)17-8-4-3-5-9-17/h3-14,22H,15H2,1-2H3,(H,24,26)/t22-/m0/s1. The molecule has 3 aromatic rings. The van der Waals surface area contributed by atoms with E-state index in [1.807, 2.05) is 0 Å². The average molecular weight is 455 g/mol. The number of nitrogens with zero attached hydrogens (tertiary/aromatic N) is 1. The molecule has 9 heteroatoms. The van der Waals surface area contributed by atoms with Crippen LogP contribution in [0.2, 0.25) is 0 Å². The second kappa shape index (κ2) is 8.80. The van der Waals surface area contributed by atoms with E-state index in [0.717, 1.165) is 0 Å².